The van der Waals surface area contributed by atoms with Crippen LogP contribution in [0.1, 0.15) is 19.4 Å². The molecular formula is C10H16N2O. The standard InChI is InChI=1S/C10H16N2O/c1-3-8-5-6-9(12-11)10(7-8)13-4-2/h5-7,12H,3-4,11H2,1-2H3. The molecule has 3 nitrogen and oxygen atoms in total. The van der Waals surface area contributed by atoms with Crippen molar-refractivity contribution in [1.29, 1.82) is 0 Å². The molecule has 0 aliphatic carbocycles. The second kappa shape index (κ2) is 4.72. The maximum atomic E-state index is 5.43. The zero-order valence-electron chi connectivity index (χ0n) is 8.13. The fraction of sp³-hybridized carbons (Fsp3) is 0.400. The second-order valence-corrected chi connectivity index (χ2v) is 2.76. The van der Waals surface area contributed by atoms with E-state index in [1.807, 2.05) is 25.1 Å². The molecule has 72 valence electrons. The molecule has 0 atom stereocenters. The van der Waals surface area contributed by atoms with Gasteiger partial charge in [0, 0.05) is 0 Å². The normalized spacial score (nSPS) is 9.77. The molecule has 1 aromatic carbocycles. The number of benzene rings is 1. The molecule has 13 heavy (non-hydrogen) atoms. The third kappa shape index (κ3) is 2.36. The molecule has 0 fully saturated rings. The van der Waals surface area contributed by atoms with E-state index in [4.69, 9.17) is 10.6 Å². The van der Waals surface area contributed by atoms with E-state index >= 15 is 0 Å². The second-order valence-electron chi connectivity index (χ2n) is 2.76. The van der Waals surface area contributed by atoms with E-state index in [0.29, 0.717) is 6.61 Å². The van der Waals surface area contributed by atoms with E-state index in [1.165, 1.54) is 5.56 Å². The minimum atomic E-state index is 0.655. The van der Waals surface area contributed by atoms with Crippen LogP contribution in [0.25, 0.3) is 0 Å². The lowest BCUT2D eigenvalue weighted by molar-refractivity contribution is 0.341. The van der Waals surface area contributed by atoms with Crippen LogP contribution in [0.5, 0.6) is 5.75 Å². The van der Waals surface area contributed by atoms with Gasteiger partial charge in [0.2, 0.25) is 0 Å². The van der Waals surface area contributed by atoms with Gasteiger partial charge in [-0.3, -0.25) is 5.84 Å². The molecule has 3 N–H and O–H groups in total. The Morgan fingerprint density at radius 1 is 1.38 bits per heavy atom. The van der Waals surface area contributed by atoms with Crippen molar-refractivity contribution in [2.24, 2.45) is 5.84 Å². The summed E-state index contributed by atoms with van der Waals surface area (Å²) in [6, 6.07) is 5.99. The molecule has 1 rings (SSSR count). The number of aryl methyl sites for hydroxylation is 1. The van der Waals surface area contributed by atoms with E-state index in [9.17, 15) is 0 Å². The molecule has 0 aliphatic heterocycles. The molecule has 0 radical (unpaired) electrons. The van der Waals surface area contributed by atoms with Gasteiger partial charge in [0.05, 0.1) is 12.3 Å². The Balaban J connectivity index is 2.95. The molecule has 0 heterocycles. The number of nitrogen functional groups attached to an aromatic ring is 1. The van der Waals surface area contributed by atoms with Crippen LogP contribution in [0.2, 0.25) is 0 Å². The highest BCUT2D eigenvalue weighted by molar-refractivity contribution is 5.56. The van der Waals surface area contributed by atoms with Crippen molar-refractivity contribution in [1.82, 2.24) is 0 Å². The highest BCUT2D eigenvalue weighted by atomic mass is 16.5. The average Bonchev–Trinajstić information content (AvgIpc) is 2.18. The van der Waals surface area contributed by atoms with Crippen LogP contribution < -0.4 is 16.0 Å². The van der Waals surface area contributed by atoms with E-state index in [1.54, 1.807) is 0 Å². The van der Waals surface area contributed by atoms with Gasteiger partial charge in [-0.15, -0.1) is 0 Å². The molecule has 0 bridgehead atoms. The molecule has 1 aromatic rings. The molecule has 0 amide bonds. The first kappa shape index (κ1) is 9.86. The Hall–Kier alpha value is -1.22. The lowest BCUT2D eigenvalue weighted by Gasteiger charge is -2.10. The van der Waals surface area contributed by atoms with Gasteiger partial charge in [-0.25, -0.2) is 0 Å². The molecule has 0 aliphatic rings. The zero-order valence-corrected chi connectivity index (χ0v) is 8.13. The summed E-state index contributed by atoms with van der Waals surface area (Å²) < 4.78 is 5.43. The van der Waals surface area contributed by atoms with Crippen molar-refractivity contribution in [3.05, 3.63) is 23.8 Å². The Kier molecular flexibility index (Phi) is 3.58. The van der Waals surface area contributed by atoms with Gasteiger partial charge in [-0.1, -0.05) is 13.0 Å². The number of nitrogens with two attached hydrogens (primary N) is 1. The summed E-state index contributed by atoms with van der Waals surface area (Å²) in [5.74, 6) is 6.17. The molecule has 0 unspecified atom stereocenters. The predicted octanol–water partition coefficient (Wildman–Crippen LogP) is 1.93. The van der Waals surface area contributed by atoms with Crippen LogP contribution in [0, 0.1) is 0 Å². The summed E-state index contributed by atoms with van der Waals surface area (Å²) in [5, 5.41) is 0. The van der Waals surface area contributed by atoms with Crippen molar-refractivity contribution in [2.75, 3.05) is 12.0 Å². The van der Waals surface area contributed by atoms with Crippen LogP contribution in [0.4, 0.5) is 5.69 Å². The van der Waals surface area contributed by atoms with Crippen LogP contribution in [-0.4, -0.2) is 6.61 Å². The lowest BCUT2D eigenvalue weighted by atomic mass is 10.1. The first-order valence-electron chi connectivity index (χ1n) is 4.54. The minimum absolute atomic E-state index is 0.655. The first-order chi connectivity index (χ1) is 6.31. The van der Waals surface area contributed by atoms with E-state index in [2.05, 4.69) is 12.3 Å². The van der Waals surface area contributed by atoms with E-state index in [0.717, 1.165) is 17.9 Å². The van der Waals surface area contributed by atoms with Crippen LogP contribution in [-0.2, 0) is 6.42 Å². The number of ether oxygens (including phenoxy) is 1. The summed E-state index contributed by atoms with van der Waals surface area (Å²) in [7, 11) is 0. The van der Waals surface area contributed by atoms with E-state index in [-0.39, 0.29) is 0 Å². The van der Waals surface area contributed by atoms with Gasteiger partial charge < -0.3 is 10.2 Å². The third-order valence-electron chi connectivity index (χ3n) is 1.91. The zero-order chi connectivity index (χ0) is 9.68. The lowest BCUT2D eigenvalue weighted by Crippen LogP contribution is -2.09. The number of nitrogens with one attached hydrogen (secondary N) is 1. The first-order valence-corrected chi connectivity index (χ1v) is 4.54. The quantitative estimate of drug-likeness (QED) is 0.550. The van der Waals surface area contributed by atoms with Gasteiger partial charge in [-0.05, 0) is 31.0 Å². The van der Waals surface area contributed by atoms with Gasteiger partial charge >= 0.3 is 0 Å². The Morgan fingerprint density at radius 2 is 2.15 bits per heavy atom. The van der Waals surface area contributed by atoms with Gasteiger partial charge in [0.25, 0.3) is 0 Å². The Bertz CT molecular complexity index is 274. The third-order valence-corrected chi connectivity index (χ3v) is 1.91. The highest BCUT2D eigenvalue weighted by Gasteiger charge is 2.01. The highest BCUT2D eigenvalue weighted by Crippen LogP contribution is 2.25. The molecule has 3 heteroatoms. The number of hydrogen-bond donors (Lipinski definition) is 2. The predicted molar refractivity (Wildman–Crippen MR) is 54.8 cm³/mol. The smallest absolute Gasteiger partial charge is 0.143 e. The molecule has 0 spiro atoms. The summed E-state index contributed by atoms with van der Waals surface area (Å²) in [6.07, 6.45) is 1.00. The van der Waals surface area contributed by atoms with Crippen molar-refractivity contribution in [2.45, 2.75) is 20.3 Å². The monoisotopic (exact) mass is 180 g/mol. The molecule has 0 aromatic heterocycles. The summed E-state index contributed by atoms with van der Waals surface area (Å²) in [4.78, 5) is 0. The average molecular weight is 180 g/mol. The van der Waals surface area contributed by atoms with Crippen LogP contribution >= 0.6 is 0 Å². The molecule has 0 saturated heterocycles. The van der Waals surface area contributed by atoms with E-state index < -0.39 is 0 Å². The van der Waals surface area contributed by atoms with Gasteiger partial charge in [-0.2, -0.15) is 0 Å². The Labute approximate surface area is 78.9 Å². The number of rotatable bonds is 4. The maximum Gasteiger partial charge on any atom is 0.143 e. The summed E-state index contributed by atoms with van der Waals surface area (Å²) in [5.41, 5.74) is 4.69. The fourth-order valence-corrected chi connectivity index (χ4v) is 1.18. The number of hydrazine groups is 1. The number of anilines is 1. The summed E-state index contributed by atoms with van der Waals surface area (Å²) >= 11 is 0. The largest absolute Gasteiger partial charge is 0.492 e. The van der Waals surface area contributed by atoms with Crippen molar-refractivity contribution < 1.29 is 4.74 Å². The van der Waals surface area contributed by atoms with Crippen LogP contribution in [0.15, 0.2) is 18.2 Å². The molecule has 0 saturated carbocycles. The Morgan fingerprint density at radius 3 is 2.69 bits per heavy atom. The number of hydrogen-bond acceptors (Lipinski definition) is 3. The minimum Gasteiger partial charge on any atom is -0.492 e. The maximum absolute atomic E-state index is 5.43. The SMILES string of the molecule is CCOc1cc(CC)ccc1NN. The topological polar surface area (TPSA) is 47.3 Å². The summed E-state index contributed by atoms with van der Waals surface area (Å²) in [6.45, 7) is 4.72. The van der Waals surface area contributed by atoms with Crippen LogP contribution in [0.3, 0.4) is 0 Å². The van der Waals surface area contributed by atoms with Crippen molar-refractivity contribution >= 4 is 5.69 Å². The van der Waals surface area contributed by atoms with Gasteiger partial charge in [0.1, 0.15) is 5.75 Å². The van der Waals surface area contributed by atoms with Crippen molar-refractivity contribution in [3.8, 4) is 5.75 Å². The fourth-order valence-electron chi connectivity index (χ4n) is 1.18. The molecular weight excluding hydrogens is 164 g/mol. The van der Waals surface area contributed by atoms with Crippen molar-refractivity contribution in [3.63, 3.8) is 0 Å². The van der Waals surface area contributed by atoms with Gasteiger partial charge in [0.15, 0.2) is 0 Å².